The highest BCUT2D eigenvalue weighted by Gasteiger charge is 2.36. The van der Waals surface area contributed by atoms with Gasteiger partial charge in [0.05, 0.1) is 18.2 Å². The molecule has 0 radical (unpaired) electrons. The molecule has 3 rings (SSSR count). The highest BCUT2D eigenvalue weighted by Crippen LogP contribution is 2.30. The number of aliphatic hydroxyl groups is 1. The third-order valence-corrected chi connectivity index (χ3v) is 10.7. The molecule has 10 nitrogen and oxygen atoms in total. The summed E-state index contributed by atoms with van der Waals surface area (Å²) >= 11 is 0. The SMILES string of the molecule is CCCCNC(=O)[C@@H](C[C@H](O)[C@H](CC1CCCCC1)NC(=O)[C@H](CCCC)O[C@@H](Cc1ccccc1)C(=O)N1CCC(OCOC)CC1)C(C)C. The van der Waals surface area contributed by atoms with Crippen LogP contribution in [0.3, 0.4) is 0 Å². The predicted molar refractivity (Wildman–Crippen MR) is 201 cm³/mol. The fourth-order valence-corrected chi connectivity index (χ4v) is 7.48. The van der Waals surface area contributed by atoms with Crippen LogP contribution >= 0.6 is 0 Å². The average Bonchev–Trinajstić information content (AvgIpc) is 3.14. The molecule has 1 aromatic carbocycles. The highest BCUT2D eigenvalue weighted by atomic mass is 16.7. The van der Waals surface area contributed by atoms with E-state index in [-0.39, 0.29) is 48.9 Å². The highest BCUT2D eigenvalue weighted by molar-refractivity contribution is 5.84. The lowest BCUT2D eigenvalue weighted by Crippen LogP contribution is -2.52. The van der Waals surface area contributed by atoms with E-state index < -0.39 is 24.4 Å². The number of rotatable bonds is 23. The van der Waals surface area contributed by atoms with E-state index in [9.17, 15) is 19.5 Å². The van der Waals surface area contributed by atoms with Gasteiger partial charge >= 0.3 is 0 Å². The van der Waals surface area contributed by atoms with Crippen molar-refractivity contribution in [3.05, 3.63) is 35.9 Å². The van der Waals surface area contributed by atoms with Crippen molar-refractivity contribution in [1.29, 1.82) is 0 Å². The maximum atomic E-state index is 14.3. The summed E-state index contributed by atoms with van der Waals surface area (Å²) in [4.78, 5) is 43.4. The number of benzene rings is 1. The Morgan fingerprint density at radius 1 is 0.922 bits per heavy atom. The minimum atomic E-state index is -0.893. The molecule has 1 saturated carbocycles. The summed E-state index contributed by atoms with van der Waals surface area (Å²) in [6.07, 6.45) is 9.80. The largest absolute Gasteiger partial charge is 0.391 e. The lowest BCUT2D eigenvalue weighted by Gasteiger charge is -2.36. The van der Waals surface area contributed by atoms with Gasteiger partial charge in [0, 0.05) is 39.1 Å². The third kappa shape index (κ3) is 15.2. The van der Waals surface area contributed by atoms with Crippen LogP contribution in [0.5, 0.6) is 0 Å². The van der Waals surface area contributed by atoms with Gasteiger partial charge in [-0.2, -0.15) is 0 Å². The summed E-state index contributed by atoms with van der Waals surface area (Å²) < 4.78 is 17.4. The molecule has 2 aliphatic rings. The van der Waals surface area contributed by atoms with Gasteiger partial charge in [0.2, 0.25) is 11.8 Å². The first-order chi connectivity index (χ1) is 24.7. The monoisotopic (exact) mass is 716 g/mol. The van der Waals surface area contributed by atoms with Crippen molar-refractivity contribution in [2.45, 2.75) is 154 Å². The number of methoxy groups -OCH3 is 1. The summed E-state index contributed by atoms with van der Waals surface area (Å²) in [7, 11) is 1.60. The van der Waals surface area contributed by atoms with E-state index in [1.807, 2.05) is 49.1 Å². The zero-order valence-corrected chi connectivity index (χ0v) is 32.3. The number of ether oxygens (including phenoxy) is 3. The molecule has 290 valence electrons. The molecule has 0 aromatic heterocycles. The summed E-state index contributed by atoms with van der Waals surface area (Å²) in [6, 6.07) is 9.28. The van der Waals surface area contributed by atoms with E-state index in [1.54, 1.807) is 7.11 Å². The molecular formula is C41H69N3O7. The summed E-state index contributed by atoms with van der Waals surface area (Å²) in [5.41, 5.74) is 0.964. The van der Waals surface area contributed by atoms with Crippen molar-refractivity contribution in [1.82, 2.24) is 15.5 Å². The normalized spacial score (nSPS) is 18.9. The first-order valence-electron chi connectivity index (χ1n) is 20.0. The third-order valence-electron chi connectivity index (χ3n) is 10.7. The van der Waals surface area contributed by atoms with E-state index in [2.05, 4.69) is 24.5 Å². The molecule has 5 atom stereocenters. The van der Waals surface area contributed by atoms with Crippen LogP contribution in [0, 0.1) is 17.8 Å². The summed E-state index contributed by atoms with van der Waals surface area (Å²) in [5, 5.41) is 18.1. The number of piperidine rings is 1. The molecule has 0 spiro atoms. The first-order valence-corrected chi connectivity index (χ1v) is 20.0. The molecule has 3 N–H and O–H groups in total. The van der Waals surface area contributed by atoms with Gasteiger partial charge in [-0.25, -0.2) is 0 Å². The lowest BCUT2D eigenvalue weighted by atomic mass is 9.81. The number of carbonyl (C=O) groups is 3. The zero-order chi connectivity index (χ0) is 37.0. The quantitative estimate of drug-likeness (QED) is 0.0913. The number of nitrogens with one attached hydrogen (secondary N) is 2. The molecule has 0 bridgehead atoms. The van der Waals surface area contributed by atoms with Crippen LogP contribution < -0.4 is 10.6 Å². The van der Waals surface area contributed by atoms with Gasteiger partial charge < -0.3 is 34.9 Å². The van der Waals surface area contributed by atoms with Crippen molar-refractivity contribution in [3.8, 4) is 0 Å². The maximum absolute atomic E-state index is 14.3. The van der Waals surface area contributed by atoms with E-state index in [0.717, 1.165) is 56.9 Å². The van der Waals surface area contributed by atoms with E-state index in [0.29, 0.717) is 57.7 Å². The molecule has 51 heavy (non-hydrogen) atoms. The number of hydrogen-bond acceptors (Lipinski definition) is 7. The number of unbranched alkanes of at least 4 members (excludes halogenated alkanes) is 2. The second-order valence-electron chi connectivity index (χ2n) is 15.2. The van der Waals surface area contributed by atoms with E-state index in [1.165, 1.54) is 6.42 Å². The predicted octanol–water partition coefficient (Wildman–Crippen LogP) is 6.18. The maximum Gasteiger partial charge on any atom is 0.252 e. The average molecular weight is 716 g/mol. The second-order valence-corrected chi connectivity index (χ2v) is 15.2. The number of aliphatic hydroxyl groups excluding tert-OH is 1. The van der Waals surface area contributed by atoms with Crippen molar-refractivity contribution in [2.24, 2.45) is 17.8 Å². The van der Waals surface area contributed by atoms with Crippen LogP contribution in [0.15, 0.2) is 30.3 Å². The Hall–Kier alpha value is -2.53. The van der Waals surface area contributed by atoms with E-state index >= 15 is 0 Å². The van der Waals surface area contributed by atoms with Crippen molar-refractivity contribution in [2.75, 3.05) is 33.5 Å². The van der Waals surface area contributed by atoms with Gasteiger partial charge in [0.15, 0.2) is 0 Å². The van der Waals surface area contributed by atoms with Crippen molar-refractivity contribution < 1.29 is 33.7 Å². The fourth-order valence-electron chi connectivity index (χ4n) is 7.48. The number of carbonyl (C=O) groups excluding carboxylic acids is 3. The number of amides is 3. The Kier molecular flexibility index (Phi) is 20.1. The number of likely N-dealkylation sites (tertiary alicyclic amines) is 1. The molecule has 1 aliphatic carbocycles. The Labute approximate surface area is 308 Å². The van der Waals surface area contributed by atoms with Crippen LogP contribution in [0.2, 0.25) is 0 Å². The van der Waals surface area contributed by atoms with Crippen molar-refractivity contribution >= 4 is 17.7 Å². The van der Waals surface area contributed by atoms with Gasteiger partial charge in [0.25, 0.3) is 5.91 Å². The Morgan fingerprint density at radius 3 is 2.24 bits per heavy atom. The minimum Gasteiger partial charge on any atom is -0.391 e. The molecule has 3 amide bonds. The Balaban J connectivity index is 1.81. The van der Waals surface area contributed by atoms with Crippen LogP contribution in [0.4, 0.5) is 0 Å². The molecule has 2 fully saturated rings. The molecular weight excluding hydrogens is 646 g/mol. The Morgan fingerprint density at radius 2 is 1.61 bits per heavy atom. The lowest BCUT2D eigenvalue weighted by molar-refractivity contribution is -0.157. The smallest absolute Gasteiger partial charge is 0.252 e. The summed E-state index contributed by atoms with van der Waals surface area (Å²) in [6.45, 7) is 10.1. The molecule has 1 aromatic rings. The zero-order valence-electron chi connectivity index (χ0n) is 32.3. The fraction of sp³-hybridized carbons (Fsp3) is 0.780. The van der Waals surface area contributed by atoms with E-state index in [4.69, 9.17) is 14.2 Å². The summed E-state index contributed by atoms with van der Waals surface area (Å²) in [5.74, 6) is -0.393. The molecule has 1 saturated heterocycles. The van der Waals surface area contributed by atoms with Gasteiger partial charge in [-0.3, -0.25) is 14.4 Å². The molecule has 0 unspecified atom stereocenters. The molecule has 1 heterocycles. The second kappa shape index (κ2) is 23.9. The standard InChI is InChI=1S/C41H69N3O7/c1-6-8-20-37(51-38(27-32-18-14-11-15-19-32)41(48)44-24-21-33(22-25-44)50-29-49-5)40(47)43-35(26-31-16-12-10-13-17-31)36(45)28-34(30(3)4)39(46)42-23-9-7-2/h11,14-15,18-19,30-31,33-38,45H,6-10,12-13,16-17,20-29H2,1-5H3,(H,42,46)(H,43,47)/t34-,35-,36-,37-,38-/m0/s1. The van der Waals surface area contributed by atoms with Crippen LogP contribution in [-0.4, -0.2) is 91.7 Å². The Bertz CT molecular complexity index is 1120. The van der Waals surface area contributed by atoms with Gasteiger partial charge in [0.1, 0.15) is 19.0 Å². The minimum absolute atomic E-state index is 0.0364. The van der Waals surface area contributed by atoms with Crippen LogP contribution in [0.1, 0.15) is 123 Å². The molecule has 10 heteroatoms. The van der Waals surface area contributed by atoms with Gasteiger partial charge in [-0.05, 0) is 55.9 Å². The first kappa shape index (κ1) is 42.9. The number of nitrogens with zero attached hydrogens (tertiary/aromatic N) is 1. The number of hydrogen-bond donors (Lipinski definition) is 3. The van der Waals surface area contributed by atoms with Crippen LogP contribution in [-0.2, 0) is 35.0 Å². The van der Waals surface area contributed by atoms with Crippen LogP contribution in [0.25, 0.3) is 0 Å². The molecule has 1 aliphatic heterocycles. The van der Waals surface area contributed by atoms with Gasteiger partial charge in [-0.15, -0.1) is 0 Å². The van der Waals surface area contributed by atoms with Crippen molar-refractivity contribution in [3.63, 3.8) is 0 Å². The topological polar surface area (TPSA) is 126 Å². The van der Waals surface area contributed by atoms with Gasteiger partial charge in [-0.1, -0.05) is 109 Å².